The number of ether oxygens (including phenoxy) is 2. The van der Waals surface area contributed by atoms with Crippen molar-refractivity contribution in [3.63, 3.8) is 0 Å². The number of aliphatic hydroxyl groups excluding tert-OH is 1. The van der Waals surface area contributed by atoms with Crippen LogP contribution in [0.4, 0.5) is 0 Å². The van der Waals surface area contributed by atoms with E-state index < -0.39 is 23.5 Å². The zero-order valence-corrected chi connectivity index (χ0v) is 18.7. The van der Waals surface area contributed by atoms with Crippen LogP contribution in [-0.2, 0) is 9.59 Å². The largest absolute Gasteiger partial charge is 0.507 e. The number of methoxy groups -OCH3 is 2. The summed E-state index contributed by atoms with van der Waals surface area (Å²) in [6, 6.07) is 10.6. The number of amides is 1. The molecular weight excluding hydrogens is 412 g/mol. The normalized spacial score (nSPS) is 17.8. The van der Waals surface area contributed by atoms with E-state index in [1.54, 1.807) is 37.4 Å². The lowest BCUT2D eigenvalue weighted by atomic mass is 9.95. The minimum atomic E-state index is -0.789. The Bertz CT molecular complexity index is 1030. The molecule has 1 saturated heterocycles. The van der Waals surface area contributed by atoms with Gasteiger partial charge in [0, 0.05) is 12.6 Å². The third-order valence-corrected chi connectivity index (χ3v) is 5.44. The average molecular weight is 440 g/mol. The summed E-state index contributed by atoms with van der Waals surface area (Å²) in [4.78, 5) is 29.4. The van der Waals surface area contributed by atoms with E-state index in [9.17, 15) is 19.8 Å². The van der Waals surface area contributed by atoms with E-state index >= 15 is 0 Å². The molecule has 0 aliphatic carbocycles. The Morgan fingerprint density at radius 1 is 1.03 bits per heavy atom. The molecule has 1 amide bonds. The number of hydrogen-bond donors (Lipinski definition) is 2. The van der Waals surface area contributed by atoms with Crippen LogP contribution in [0.25, 0.3) is 5.76 Å². The van der Waals surface area contributed by atoms with E-state index in [1.807, 2.05) is 19.0 Å². The van der Waals surface area contributed by atoms with Gasteiger partial charge in [-0.1, -0.05) is 12.1 Å². The lowest BCUT2D eigenvalue weighted by Crippen LogP contribution is -2.32. The quantitative estimate of drug-likeness (QED) is 0.370. The van der Waals surface area contributed by atoms with Gasteiger partial charge in [0.25, 0.3) is 11.7 Å². The van der Waals surface area contributed by atoms with Crippen LogP contribution in [0.3, 0.4) is 0 Å². The van der Waals surface area contributed by atoms with Crippen LogP contribution in [0.1, 0.15) is 23.6 Å². The molecule has 32 heavy (non-hydrogen) atoms. The predicted molar refractivity (Wildman–Crippen MR) is 120 cm³/mol. The molecule has 2 N–H and O–H groups in total. The number of aromatic hydroxyl groups is 1. The van der Waals surface area contributed by atoms with Gasteiger partial charge in [-0.2, -0.15) is 0 Å². The summed E-state index contributed by atoms with van der Waals surface area (Å²) in [6.07, 6.45) is 0.653. The first-order chi connectivity index (χ1) is 15.3. The summed E-state index contributed by atoms with van der Waals surface area (Å²) in [7, 11) is 6.87. The molecule has 170 valence electrons. The molecule has 0 radical (unpaired) electrons. The number of phenolic OH excluding ortho intramolecular Hbond substituents is 1. The number of likely N-dealkylation sites (tertiary alicyclic amines) is 1. The Kier molecular flexibility index (Phi) is 7.05. The maximum Gasteiger partial charge on any atom is 0.295 e. The van der Waals surface area contributed by atoms with Gasteiger partial charge < -0.3 is 29.5 Å². The highest BCUT2D eigenvalue weighted by Gasteiger charge is 2.46. The molecule has 0 saturated carbocycles. The molecule has 0 spiro atoms. The fourth-order valence-electron chi connectivity index (χ4n) is 3.78. The van der Waals surface area contributed by atoms with Crippen LogP contribution < -0.4 is 9.47 Å². The molecule has 1 atom stereocenters. The molecule has 2 aromatic rings. The fraction of sp³-hybridized carbons (Fsp3) is 0.333. The molecule has 0 aromatic heterocycles. The summed E-state index contributed by atoms with van der Waals surface area (Å²) >= 11 is 0. The number of Topliss-reactive ketones (excluding diaryl/α,β-unsaturated/α-hetero) is 1. The summed E-state index contributed by atoms with van der Waals surface area (Å²) in [6.45, 7) is 1.07. The fourth-order valence-corrected chi connectivity index (χ4v) is 3.78. The molecule has 0 unspecified atom stereocenters. The molecule has 3 rings (SSSR count). The number of hydrogen-bond acceptors (Lipinski definition) is 7. The van der Waals surface area contributed by atoms with E-state index in [4.69, 9.17) is 9.47 Å². The standard InChI is InChI=1S/C24H28N2O6/c1-25(2)12-5-13-26-21(15-6-8-16(31-3)9-7-15)20(23(29)24(26)30)22(28)18-11-10-17(32-4)14-19(18)27/h6-11,14,21,27-28H,5,12-13H2,1-4H3/t21-/m1/s1. The first-order valence-corrected chi connectivity index (χ1v) is 10.2. The number of carbonyl (C=O) groups excluding carboxylic acids is 2. The van der Waals surface area contributed by atoms with Crippen molar-refractivity contribution in [3.05, 3.63) is 59.2 Å². The number of rotatable bonds is 8. The van der Waals surface area contributed by atoms with E-state index in [0.29, 0.717) is 30.0 Å². The predicted octanol–water partition coefficient (Wildman–Crippen LogP) is 2.78. The third-order valence-electron chi connectivity index (χ3n) is 5.44. The second-order valence-electron chi connectivity index (χ2n) is 7.81. The number of carbonyl (C=O) groups is 2. The summed E-state index contributed by atoms with van der Waals surface area (Å²) in [5.41, 5.74) is 0.644. The minimum Gasteiger partial charge on any atom is -0.507 e. The SMILES string of the molecule is COc1ccc([C@@H]2C(=C(O)c3ccc(OC)cc3O)C(=O)C(=O)N2CCCN(C)C)cc1. The monoisotopic (exact) mass is 440 g/mol. The number of nitrogens with zero attached hydrogens (tertiary/aromatic N) is 2. The van der Waals surface area contributed by atoms with Crippen molar-refractivity contribution in [3.8, 4) is 17.2 Å². The first-order valence-electron chi connectivity index (χ1n) is 10.2. The molecule has 0 bridgehead atoms. The van der Waals surface area contributed by atoms with Gasteiger partial charge in [0.1, 0.15) is 23.0 Å². The second kappa shape index (κ2) is 9.74. The number of benzene rings is 2. The molecular formula is C24H28N2O6. The number of aliphatic hydroxyl groups is 1. The van der Waals surface area contributed by atoms with Crippen LogP contribution in [-0.4, -0.2) is 73.1 Å². The van der Waals surface area contributed by atoms with Crippen molar-refractivity contribution >= 4 is 17.4 Å². The highest BCUT2D eigenvalue weighted by atomic mass is 16.5. The minimum absolute atomic E-state index is 0.0515. The van der Waals surface area contributed by atoms with Gasteiger partial charge in [-0.15, -0.1) is 0 Å². The van der Waals surface area contributed by atoms with Gasteiger partial charge >= 0.3 is 0 Å². The van der Waals surface area contributed by atoms with Crippen molar-refractivity contribution in [1.82, 2.24) is 9.80 Å². The van der Waals surface area contributed by atoms with E-state index in [0.717, 1.165) is 6.54 Å². The van der Waals surface area contributed by atoms with Crippen molar-refractivity contribution in [2.75, 3.05) is 41.4 Å². The number of ketones is 1. The lowest BCUT2D eigenvalue weighted by molar-refractivity contribution is -0.139. The molecule has 8 nitrogen and oxygen atoms in total. The van der Waals surface area contributed by atoms with Gasteiger partial charge in [0.05, 0.1) is 31.4 Å². The Hall–Kier alpha value is -3.52. The maximum absolute atomic E-state index is 13.0. The van der Waals surface area contributed by atoms with Crippen LogP contribution in [0, 0.1) is 0 Å². The Labute approximate surface area is 187 Å². The maximum atomic E-state index is 13.0. The van der Waals surface area contributed by atoms with Crippen LogP contribution in [0.15, 0.2) is 48.0 Å². The first kappa shape index (κ1) is 23.1. The zero-order chi connectivity index (χ0) is 23.4. The molecule has 2 aromatic carbocycles. The second-order valence-corrected chi connectivity index (χ2v) is 7.81. The Balaban J connectivity index is 2.11. The van der Waals surface area contributed by atoms with Crippen LogP contribution in [0.2, 0.25) is 0 Å². The molecule has 8 heteroatoms. The molecule has 1 fully saturated rings. The third kappa shape index (κ3) is 4.55. The van der Waals surface area contributed by atoms with Gasteiger partial charge in [-0.25, -0.2) is 0 Å². The zero-order valence-electron chi connectivity index (χ0n) is 18.7. The van der Waals surface area contributed by atoms with Gasteiger partial charge in [0.15, 0.2) is 0 Å². The average Bonchev–Trinajstić information content (AvgIpc) is 3.03. The molecule has 1 heterocycles. The highest BCUT2D eigenvalue weighted by Crippen LogP contribution is 2.41. The van der Waals surface area contributed by atoms with E-state index in [-0.39, 0.29) is 16.9 Å². The highest BCUT2D eigenvalue weighted by molar-refractivity contribution is 6.46. The smallest absolute Gasteiger partial charge is 0.295 e. The summed E-state index contributed by atoms with van der Waals surface area (Å²) in [5, 5.41) is 21.5. The topological polar surface area (TPSA) is 99.5 Å². The van der Waals surface area contributed by atoms with E-state index in [2.05, 4.69) is 0 Å². The summed E-state index contributed by atoms with van der Waals surface area (Å²) in [5.74, 6) is -1.13. The van der Waals surface area contributed by atoms with Gasteiger partial charge in [-0.05, 0) is 56.9 Å². The van der Waals surface area contributed by atoms with E-state index in [1.165, 1.54) is 24.1 Å². The lowest BCUT2D eigenvalue weighted by Gasteiger charge is -2.26. The van der Waals surface area contributed by atoms with Crippen molar-refractivity contribution < 1.29 is 29.3 Å². The number of phenols is 1. The van der Waals surface area contributed by atoms with Crippen molar-refractivity contribution in [2.45, 2.75) is 12.5 Å². The molecule has 1 aliphatic rings. The van der Waals surface area contributed by atoms with Gasteiger partial charge in [0.2, 0.25) is 0 Å². The Morgan fingerprint density at radius 2 is 1.66 bits per heavy atom. The van der Waals surface area contributed by atoms with Gasteiger partial charge in [-0.3, -0.25) is 9.59 Å². The molecule has 1 aliphatic heterocycles. The van der Waals surface area contributed by atoms with Crippen LogP contribution >= 0.6 is 0 Å². The van der Waals surface area contributed by atoms with Crippen molar-refractivity contribution in [2.24, 2.45) is 0 Å². The Morgan fingerprint density at radius 3 is 2.22 bits per heavy atom. The van der Waals surface area contributed by atoms with Crippen molar-refractivity contribution in [1.29, 1.82) is 0 Å². The van der Waals surface area contributed by atoms with Crippen LogP contribution in [0.5, 0.6) is 17.2 Å². The summed E-state index contributed by atoms with van der Waals surface area (Å²) < 4.78 is 10.3.